The average Bonchev–Trinajstić information content (AvgIpc) is 2.29. The summed E-state index contributed by atoms with van der Waals surface area (Å²) in [5.41, 5.74) is -1.70. The topological polar surface area (TPSA) is 114 Å². The molecular weight excluding hydrogens is 230 g/mol. The number of aromatic amines is 1. The molecule has 0 bridgehead atoms. The predicted octanol–water partition coefficient (Wildman–Crippen LogP) is -1.09. The van der Waals surface area contributed by atoms with Gasteiger partial charge < -0.3 is 14.9 Å². The largest absolute Gasteiger partial charge is 0.465 e. The molecule has 1 rings (SSSR count). The quantitative estimate of drug-likeness (QED) is 0.228. The first-order valence-corrected chi connectivity index (χ1v) is 4.75. The number of nitrogens with one attached hydrogen (secondary N) is 1. The third-order valence-electron chi connectivity index (χ3n) is 1.88. The second-order valence-corrected chi connectivity index (χ2v) is 2.98. The molecule has 17 heavy (non-hydrogen) atoms. The highest BCUT2D eigenvalue weighted by molar-refractivity contribution is 5.77. The van der Waals surface area contributed by atoms with Crippen LogP contribution in [0.1, 0.15) is 12.6 Å². The third kappa shape index (κ3) is 3.03. The van der Waals surface area contributed by atoms with Gasteiger partial charge in [0, 0.05) is 6.20 Å². The zero-order valence-corrected chi connectivity index (χ0v) is 9.04. The van der Waals surface area contributed by atoms with E-state index in [0.29, 0.717) is 0 Å². The van der Waals surface area contributed by atoms with Crippen molar-refractivity contribution in [1.82, 2.24) is 9.55 Å². The second-order valence-electron chi connectivity index (χ2n) is 2.98. The predicted molar refractivity (Wildman–Crippen MR) is 57.3 cm³/mol. The Kier molecular flexibility index (Phi) is 4.21. The molecule has 8 heteroatoms. The highest BCUT2D eigenvalue weighted by Gasteiger charge is 2.10. The van der Waals surface area contributed by atoms with Gasteiger partial charge in [-0.2, -0.15) is 0 Å². The van der Waals surface area contributed by atoms with Gasteiger partial charge in [0.15, 0.2) is 0 Å². The first kappa shape index (κ1) is 12.7. The minimum Gasteiger partial charge on any atom is -0.465 e. The van der Waals surface area contributed by atoms with E-state index >= 15 is 0 Å². The summed E-state index contributed by atoms with van der Waals surface area (Å²) in [5.74, 6) is -0.659. The molecule has 92 valence electrons. The normalized spacial score (nSPS) is 10.6. The van der Waals surface area contributed by atoms with Crippen LogP contribution < -0.4 is 11.1 Å². The van der Waals surface area contributed by atoms with E-state index in [1.165, 1.54) is 0 Å². The van der Waals surface area contributed by atoms with Crippen LogP contribution in [0.4, 0.5) is 0 Å². The van der Waals surface area contributed by atoms with Crippen molar-refractivity contribution in [2.75, 3.05) is 6.61 Å². The monoisotopic (exact) mass is 241 g/mol. The lowest BCUT2D eigenvalue weighted by Crippen LogP contribution is -2.39. The molecule has 0 unspecified atom stereocenters. The molecule has 0 aromatic carbocycles. The lowest BCUT2D eigenvalue weighted by atomic mass is 10.4. The summed E-state index contributed by atoms with van der Waals surface area (Å²) in [7, 11) is 0. The molecule has 0 saturated heterocycles. The summed E-state index contributed by atoms with van der Waals surface area (Å²) in [5, 5.41) is 11.1. The van der Waals surface area contributed by atoms with Crippen LogP contribution in [-0.2, 0) is 16.1 Å². The summed E-state index contributed by atoms with van der Waals surface area (Å²) in [6.07, 6.45) is 2.08. The minimum atomic E-state index is -0.921. The Morgan fingerprint density at radius 2 is 2.35 bits per heavy atom. The fraction of sp³-hybridized carbons (Fsp3) is 0.333. The summed E-state index contributed by atoms with van der Waals surface area (Å²) < 4.78 is 5.51. The van der Waals surface area contributed by atoms with Crippen molar-refractivity contribution in [3.8, 4) is 0 Å². The number of ether oxygens (including phenoxy) is 1. The van der Waals surface area contributed by atoms with Gasteiger partial charge in [-0.25, -0.2) is 0 Å². The number of carbonyl (C=O) groups excluding carboxylic acids is 1. The molecule has 0 aliphatic carbocycles. The first-order chi connectivity index (χ1) is 8.10. The van der Waals surface area contributed by atoms with Gasteiger partial charge in [-0.3, -0.25) is 19.0 Å². The van der Waals surface area contributed by atoms with E-state index in [0.717, 1.165) is 17.0 Å². The van der Waals surface area contributed by atoms with Crippen molar-refractivity contribution in [3.05, 3.63) is 32.6 Å². The van der Waals surface area contributed by atoms with Crippen LogP contribution in [0.2, 0.25) is 0 Å². The molecule has 1 aromatic rings. The van der Waals surface area contributed by atoms with E-state index < -0.39 is 23.6 Å². The second kappa shape index (κ2) is 5.64. The molecule has 0 radical (unpaired) electrons. The van der Waals surface area contributed by atoms with Gasteiger partial charge in [0.25, 0.3) is 0 Å². The molecule has 0 aliphatic rings. The molecule has 0 fully saturated rings. The van der Waals surface area contributed by atoms with Crippen LogP contribution in [0.15, 0.2) is 20.9 Å². The van der Waals surface area contributed by atoms with Crippen LogP contribution in [0.3, 0.4) is 0 Å². The highest BCUT2D eigenvalue weighted by atomic mass is 16.5. The number of H-pyrrole nitrogens is 1. The van der Waals surface area contributed by atoms with Crippen LogP contribution >= 0.6 is 0 Å². The van der Waals surface area contributed by atoms with Crippen molar-refractivity contribution >= 4 is 12.2 Å². The van der Waals surface area contributed by atoms with E-state index in [1.807, 2.05) is 0 Å². The molecule has 1 heterocycles. The van der Waals surface area contributed by atoms with Crippen molar-refractivity contribution in [2.24, 2.45) is 5.16 Å². The smallest absolute Gasteiger partial charge is 0.326 e. The Labute approximate surface area is 95.1 Å². The number of rotatable bonds is 4. The maximum Gasteiger partial charge on any atom is 0.326 e. The average molecular weight is 241 g/mol. The van der Waals surface area contributed by atoms with Gasteiger partial charge in [0.2, 0.25) is 0 Å². The first-order valence-electron chi connectivity index (χ1n) is 4.75. The summed E-state index contributed by atoms with van der Waals surface area (Å²) >= 11 is 0. The fourth-order valence-corrected chi connectivity index (χ4v) is 1.18. The Morgan fingerprint density at radius 3 is 2.94 bits per heavy atom. The van der Waals surface area contributed by atoms with Crippen LogP contribution in [0.25, 0.3) is 0 Å². The molecule has 8 nitrogen and oxygen atoms in total. The van der Waals surface area contributed by atoms with Crippen LogP contribution in [-0.4, -0.2) is 33.5 Å². The van der Waals surface area contributed by atoms with Crippen LogP contribution in [0, 0.1) is 0 Å². The van der Waals surface area contributed by atoms with E-state index in [1.54, 1.807) is 6.92 Å². The Balaban J connectivity index is 3.19. The standard InChI is InChI=1S/C9H11N3O5/c1-2-17-7(13)5-12-6(4-11-16)3-10-8(14)9(12)15/h3-4,16H,2,5H2,1H3,(H,10,14)/b11-4+. The van der Waals surface area contributed by atoms with E-state index in [-0.39, 0.29) is 12.3 Å². The maximum absolute atomic E-state index is 11.5. The van der Waals surface area contributed by atoms with E-state index in [9.17, 15) is 14.4 Å². The van der Waals surface area contributed by atoms with Crippen LogP contribution in [0.5, 0.6) is 0 Å². The van der Waals surface area contributed by atoms with Gasteiger partial charge in [0.1, 0.15) is 6.54 Å². The van der Waals surface area contributed by atoms with Crippen molar-refractivity contribution in [3.63, 3.8) is 0 Å². The van der Waals surface area contributed by atoms with Gasteiger partial charge in [-0.05, 0) is 6.92 Å². The van der Waals surface area contributed by atoms with Crippen molar-refractivity contribution < 1.29 is 14.7 Å². The highest BCUT2D eigenvalue weighted by Crippen LogP contribution is 1.91. The molecule has 1 aromatic heterocycles. The van der Waals surface area contributed by atoms with Gasteiger partial charge in [-0.15, -0.1) is 0 Å². The number of hydrogen-bond acceptors (Lipinski definition) is 6. The number of carbonyl (C=O) groups is 1. The molecular formula is C9H11N3O5. The van der Waals surface area contributed by atoms with Gasteiger partial charge in [0.05, 0.1) is 18.5 Å². The van der Waals surface area contributed by atoms with Gasteiger partial charge >= 0.3 is 17.1 Å². The lowest BCUT2D eigenvalue weighted by molar-refractivity contribution is -0.143. The molecule has 0 spiro atoms. The summed E-state index contributed by atoms with van der Waals surface area (Å²) in [6, 6.07) is 0. The minimum absolute atomic E-state index is 0.0881. The zero-order valence-electron chi connectivity index (χ0n) is 9.04. The fourth-order valence-electron chi connectivity index (χ4n) is 1.18. The Hall–Kier alpha value is -2.38. The lowest BCUT2D eigenvalue weighted by Gasteiger charge is -2.07. The molecule has 2 N–H and O–H groups in total. The van der Waals surface area contributed by atoms with Gasteiger partial charge in [-0.1, -0.05) is 5.16 Å². The van der Waals surface area contributed by atoms with Crippen molar-refractivity contribution in [2.45, 2.75) is 13.5 Å². The number of aromatic nitrogens is 2. The Bertz CT molecular complexity index is 542. The zero-order chi connectivity index (χ0) is 12.8. The number of nitrogens with zero attached hydrogens (tertiary/aromatic N) is 2. The number of esters is 1. The summed E-state index contributed by atoms with van der Waals surface area (Å²) in [6.45, 7) is 1.37. The van der Waals surface area contributed by atoms with E-state index in [4.69, 9.17) is 5.21 Å². The molecule has 0 atom stereocenters. The molecule has 0 aliphatic heterocycles. The summed E-state index contributed by atoms with van der Waals surface area (Å²) in [4.78, 5) is 35.9. The number of oxime groups is 1. The number of hydrogen-bond donors (Lipinski definition) is 2. The Morgan fingerprint density at radius 1 is 1.65 bits per heavy atom. The molecule has 0 saturated carbocycles. The molecule has 0 amide bonds. The maximum atomic E-state index is 11.5. The SMILES string of the molecule is CCOC(=O)Cn1c(/C=N/O)c[nH]c(=O)c1=O. The van der Waals surface area contributed by atoms with E-state index in [2.05, 4.69) is 14.9 Å². The third-order valence-corrected chi connectivity index (χ3v) is 1.88. The van der Waals surface area contributed by atoms with Crippen molar-refractivity contribution in [1.29, 1.82) is 0 Å².